The largest absolute Gasteiger partial charge is 0.497 e. The van der Waals surface area contributed by atoms with Gasteiger partial charge in [0.2, 0.25) is 0 Å². The molecule has 0 fully saturated rings. The molecule has 0 atom stereocenters. The summed E-state index contributed by atoms with van der Waals surface area (Å²) in [4.78, 5) is 30.3. The number of aliphatic imine (C=N–C) groups is 1. The first-order valence-electron chi connectivity index (χ1n) is 12.0. The summed E-state index contributed by atoms with van der Waals surface area (Å²) in [6.07, 6.45) is 1.75. The molecule has 0 unspecified atom stereocenters. The summed E-state index contributed by atoms with van der Waals surface area (Å²) in [6.45, 7) is 1.88. The average Bonchev–Trinajstić information content (AvgIpc) is 3.29. The predicted molar refractivity (Wildman–Crippen MR) is 150 cm³/mol. The van der Waals surface area contributed by atoms with Gasteiger partial charge in [-0.1, -0.05) is 42.5 Å². The van der Waals surface area contributed by atoms with Crippen molar-refractivity contribution in [1.29, 1.82) is 0 Å². The zero-order valence-electron chi connectivity index (χ0n) is 21.2. The Morgan fingerprint density at radius 1 is 0.923 bits per heavy atom. The third kappa shape index (κ3) is 5.47. The highest BCUT2D eigenvalue weighted by Gasteiger charge is 2.32. The van der Waals surface area contributed by atoms with E-state index in [-0.39, 0.29) is 11.6 Å². The molecule has 0 bridgehead atoms. The van der Waals surface area contributed by atoms with Gasteiger partial charge in [0, 0.05) is 17.7 Å². The minimum Gasteiger partial charge on any atom is -0.497 e. The lowest BCUT2D eigenvalue weighted by molar-refractivity contribution is -0.384. The Kier molecular flexibility index (Phi) is 7.05. The standard InChI is InChI=1S/C30H23N5O4/c1-20-18-25(14-17-27(20)33-32-23-10-12-24(13-11-23)35(37)38)34-29(22-6-4-3-5-7-22)31-28(30(34)36)19-21-8-15-26(39-2)16-9-21/h3-19H,1-2H3/b28-19+,33-32?. The van der Waals surface area contributed by atoms with Gasteiger partial charge in [-0.25, -0.2) is 4.99 Å². The minimum atomic E-state index is -0.464. The Labute approximate surface area is 224 Å². The van der Waals surface area contributed by atoms with E-state index in [0.717, 1.165) is 22.4 Å². The van der Waals surface area contributed by atoms with Crippen LogP contribution >= 0.6 is 0 Å². The molecule has 1 aliphatic heterocycles. The lowest BCUT2D eigenvalue weighted by Crippen LogP contribution is -2.32. The number of benzene rings is 4. The molecule has 0 radical (unpaired) electrons. The number of carbonyl (C=O) groups excluding carboxylic acids is 1. The number of hydrogen-bond acceptors (Lipinski definition) is 7. The van der Waals surface area contributed by atoms with Gasteiger partial charge in [0.25, 0.3) is 11.6 Å². The number of amides is 1. The van der Waals surface area contributed by atoms with Crippen molar-refractivity contribution in [3.63, 3.8) is 0 Å². The lowest BCUT2D eigenvalue weighted by Gasteiger charge is -2.19. The summed E-state index contributed by atoms with van der Waals surface area (Å²) >= 11 is 0. The van der Waals surface area contributed by atoms with Crippen LogP contribution in [0.4, 0.5) is 22.7 Å². The number of rotatable bonds is 7. The summed E-state index contributed by atoms with van der Waals surface area (Å²) in [7, 11) is 1.60. The summed E-state index contributed by atoms with van der Waals surface area (Å²) < 4.78 is 5.22. The first-order chi connectivity index (χ1) is 18.9. The van der Waals surface area contributed by atoms with Crippen LogP contribution in [0.2, 0.25) is 0 Å². The average molecular weight is 518 g/mol. The molecule has 0 aliphatic carbocycles. The third-order valence-electron chi connectivity index (χ3n) is 6.08. The maximum atomic E-state index is 13.6. The number of methoxy groups -OCH3 is 1. The van der Waals surface area contributed by atoms with Gasteiger partial charge in [0.05, 0.1) is 29.1 Å². The number of carbonyl (C=O) groups is 1. The van der Waals surface area contributed by atoms with Crippen molar-refractivity contribution in [2.75, 3.05) is 12.0 Å². The van der Waals surface area contributed by atoms with Crippen molar-refractivity contribution >= 4 is 40.6 Å². The van der Waals surface area contributed by atoms with Gasteiger partial charge in [-0.15, -0.1) is 0 Å². The van der Waals surface area contributed by atoms with Gasteiger partial charge in [-0.3, -0.25) is 19.8 Å². The molecular weight excluding hydrogens is 494 g/mol. The number of amidine groups is 1. The van der Waals surface area contributed by atoms with Crippen LogP contribution in [0.25, 0.3) is 6.08 Å². The Bertz CT molecular complexity index is 1630. The number of ether oxygens (including phenoxy) is 1. The van der Waals surface area contributed by atoms with Crippen LogP contribution in [0.1, 0.15) is 16.7 Å². The van der Waals surface area contributed by atoms with Gasteiger partial charge in [-0.2, -0.15) is 10.2 Å². The third-order valence-corrected chi connectivity index (χ3v) is 6.08. The van der Waals surface area contributed by atoms with E-state index < -0.39 is 4.92 Å². The summed E-state index contributed by atoms with van der Waals surface area (Å²) in [6, 6.07) is 28.2. The van der Waals surface area contributed by atoms with Gasteiger partial charge < -0.3 is 4.74 Å². The molecule has 0 saturated heterocycles. The van der Waals surface area contributed by atoms with Crippen LogP contribution in [-0.4, -0.2) is 23.8 Å². The lowest BCUT2D eigenvalue weighted by atomic mass is 10.1. The van der Waals surface area contributed by atoms with Crippen LogP contribution in [0.15, 0.2) is 118 Å². The molecule has 192 valence electrons. The second kappa shape index (κ2) is 10.9. The Morgan fingerprint density at radius 3 is 2.28 bits per heavy atom. The van der Waals surface area contributed by atoms with Gasteiger partial charge in [-0.05, 0) is 66.6 Å². The summed E-state index contributed by atoms with van der Waals surface area (Å²) in [5.74, 6) is 1.01. The fraction of sp³-hybridized carbons (Fsp3) is 0.0667. The van der Waals surface area contributed by atoms with Gasteiger partial charge >= 0.3 is 0 Å². The molecule has 5 rings (SSSR count). The van der Waals surface area contributed by atoms with Crippen molar-refractivity contribution in [3.05, 3.63) is 130 Å². The van der Waals surface area contributed by atoms with Crippen LogP contribution in [0, 0.1) is 17.0 Å². The fourth-order valence-corrected chi connectivity index (χ4v) is 4.04. The number of anilines is 1. The van der Waals surface area contributed by atoms with Crippen molar-refractivity contribution in [2.45, 2.75) is 6.92 Å². The molecule has 0 saturated carbocycles. The molecule has 1 aliphatic rings. The van der Waals surface area contributed by atoms with E-state index >= 15 is 0 Å². The minimum absolute atomic E-state index is 0.0129. The van der Waals surface area contributed by atoms with E-state index in [2.05, 4.69) is 10.2 Å². The van der Waals surface area contributed by atoms with Crippen LogP contribution < -0.4 is 9.64 Å². The highest BCUT2D eigenvalue weighted by atomic mass is 16.6. The number of nitro benzene ring substituents is 1. The first kappa shape index (κ1) is 25.2. The number of nitro groups is 1. The molecule has 9 heteroatoms. The van der Waals surface area contributed by atoms with E-state index in [0.29, 0.717) is 28.6 Å². The van der Waals surface area contributed by atoms with Crippen molar-refractivity contribution in [3.8, 4) is 5.75 Å². The quantitative estimate of drug-likeness (QED) is 0.112. The van der Waals surface area contributed by atoms with E-state index in [9.17, 15) is 14.9 Å². The molecule has 1 heterocycles. The van der Waals surface area contributed by atoms with Crippen molar-refractivity contribution in [2.24, 2.45) is 15.2 Å². The highest BCUT2D eigenvalue weighted by Crippen LogP contribution is 2.32. The molecule has 9 nitrogen and oxygen atoms in total. The molecule has 4 aromatic carbocycles. The number of hydrogen-bond donors (Lipinski definition) is 0. The van der Waals surface area contributed by atoms with Crippen molar-refractivity contribution in [1.82, 2.24) is 0 Å². The molecule has 4 aromatic rings. The smallest absolute Gasteiger partial charge is 0.282 e. The molecule has 1 amide bonds. The zero-order valence-corrected chi connectivity index (χ0v) is 21.2. The Balaban J connectivity index is 1.46. The van der Waals surface area contributed by atoms with Crippen LogP contribution in [0.3, 0.4) is 0 Å². The molecule has 0 spiro atoms. The number of nitrogens with zero attached hydrogens (tertiary/aromatic N) is 5. The first-order valence-corrected chi connectivity index (χ1v) is 12.0. The SMILES string of the molecule is COc1ccc(/C=C2/N=C(c3ccccc3)N(c3ccc(N=Nc4ccc([N+](=O)[O-])cc4)c(C)c3)C2=O)cc1. The zero-order chi connectivity index (χ0) is 27.4. The highest BCUT2D eigenvalue weighted by molar-refractivity contribution is 6.33. The van der Waals surface area contributed by atoms with E-state index in [1.54, 1.807) is 30.2 Å². The summed E-state index contributed by atoms with van der Waals surface area (Å²) in [5, 5.41) is 19.3. The van der Waals surface area contributed by atoms with Gasteiger partial charge in [0.15, 0.2) is 0 Å². The van der Waals surface area contributed by atoms with E-state index in [1.165, 1.54) is 24.3 Å². The number of azo groups is 1. The summed E-state index contributed by atoms with van der Waals surface area (Å²) in [5.41, 5.74) is 4.48. The molecule has 39 heavy (non-hydrogen) atoms. The Morgan fingerprint density at radius 2 is 1.64 bits per heavy atom. The number of non-ortho nitro benzene ring substituents is 1. The van der Waals surface area contributed by atoms with Gasteiger partial charge in [0.1, 0.15) is 17.3 Å². The van der Waals surface area contributed by atoms with Crippen molar-refractivity contribution < 1.29 is 14.5 Å². The second-order valence-electron chi connectivity index (χ2n) is 8.69. The monoisotopic (exact) mass is 517 g/mol. The number of aryl methyl sites for hydroxylation is 1. The predicted octanol–water partition coefficient (Wildman–Crippen LogP) is 7.16. The normalized spacial score (nSPS) is 14.2. The Hall–Kier alpha value is -5.44. The molecule has 0 aromatic heterocycles. The molecular formula is C30H23N5O4. The van der Waals surface area contributed by atoms with Crippen LogP contribution in [0.5, 0.6) is 5.75 Å². The topological polar surface area (TPSA) is 110 Å². The van der Waals surface area contributed by atoms with E-state index in [1.807, 2.05) is 67.6 Å². The van der Waals surface area contributed by atoms with E-state index in [4.69, 9.17) is 9.73 Å². The fourth-order valence-electron chi connectivity index (χ4n) is 4.04. The van der Waals surface area contributed by atoms with Crippen LogP contribution in [-0.2, 0) is 4.79 Å². The maximum Gasteiger partial charge on any atom is 0.282 e. The molecule has 0 N–H and O–H groups in total. The maximum absolute atomic E-state index is 13.6. The second-order valence-corrected chi connectivity index (χ2v) is 8.69.